The lowest BCUT2D eigenvalue weighted by Gasteiger charge is -2.30. The summed E-state index contributed by atoms with van der Waals surface area (Å²) in [7, 11) is 1.50. The van der Waals surface area contributed by atoms with Crippen LogP contribution < -0.4 is 19.8 Å². The zero-order chi connectivity index (χ0) is 31.3. The number of nitrogens with one attached hydrogen (secondary N) is 1. The van der Waals surface area contributed by atoms with Crippen LogP contribution in [-0.2, 0) is 27.1 Å². The number of alkyl halides is 3. The standard InChI is InChI=1S/C30H21ClF3N3O5S2/c1-42-20-11-9-19(10-12-20)37-26(39)23-22(15-5-7-17(31)8-6-15)25-28(43-24(23)27(37)40)36(29(41)44-25)14-21(38)35-18-4-2-3-16(13-18)30(32,33)34/h2-13,22-24H,14H2,1H3,(H,35,38)/t22-,23-,24+/m0/s1. The van der Waals surface area contributed by atoms with Gasteiger partial charge in [0, 0.05) is 21.5 Å². The molecule has 2 aliphatic heterocycles. The van der Waals surface area contributed by atoms with Gasteiger partial charge in [-0.1, -0.05) is 52.9 Å². The molecule has 0 radical (unpaired) electrons. The lowest BCUT2D eigenvalue weighted by molar-refractivity contribution is -0.137. The van der Waals surface area contributed by atoms with Crippen molar-refractivity contribution in [1.82, 2.24) is 4.57 Å². The molecule has 1 saturated heterocycles. The second-order valence-electron chi connectivity index (χ2n) is 10.1. The van der Waals surface area contributed by atoms with E-state index in [1.807, 2.05) is 0 Å². The van der Waals surface area contributed by atoms with Crippen LogP contribution >= 0.6 is 34.7 Å². The Morgan fingerprint density at radius 2 is 1.70 bits per heavy atom. The number of carbonyl (C=O) groups is 3. The molecule has 1 fully saturated rings. The Hall–Kier alpha value is -4.07. The van der Waals surface area contributed by atoms with E-state index in [1.54, 1.807) is 48.5 Å². The smallest absolute Gasteiger partial charge is 0.416 e. The first-order valence-corrected chi connectivity index (χ1v) is 15.2. The lowest BCUT2D eigenvalue weighted by atomic mass is 9.83. The molecule has 0 spiro atoms. The number of thiazole rings is 1. The van der Waals surface area contributed by atoms with Crippen molar-refractivity contribution in [3.63, 3.8) is 0 Å². The minimum absolute atomic E-state index is 0.0829. The SMILES string of the molecule is COc1ccc(N2C(=O)[C@H]3[C@H](c4ccc(Cl)cc4)c4sc(=O)n(CC(=O)Nc5cccc(C(F)(F)F)c5)c4S[C@H]3C2=O)cc1. The average molecular weight is 660 g/mol. The van der Waals surface area contributed by atoms with Gasteiger partial charge in [0.1, 0.15) is 17.5 Å². The average Bonchev–Trinajstić information content (AvgIpc) is 3.43. The predicted molar refractivity (Wildman–Crippen MR) is 161 cm³/mol. The molecule has 3 amide bonds. The minimum Gasteiger partial charge on any atom is -0.497 e. The van der Waals surface area contributed by atoms with Gasteiger partial charge in [0.05, 0.1) is 29.3 Å². The van der Waals surface area contributed by atoms with E-state index in [9.17, 15) is 32.3 Å². The molecule has 0 unspecified atom stereocenters. The number of fused-ring (bicyclic) bond motifs is 2. The van der Waals surface area contributed by atoms with Crippen molar-refractivity contribution < 1.29 is 32.3 Å². The maximum Gasteiger partial charge on any atom is 0.416 e. The van der Waals surface area contributed by atoms with Crippen LogP contribution in [0.4, 0.5) is 24.5 Å². The minimum atomic E-state index is -4.60. The summed E-state index contributed by atoms with van der Waals surface area (Å²) in [5.41, 5.74) is 0.0106. The van der Waals surface area contributed by atoms with Gasteiger partial charge in [0.15, 0.2) is 0 Å². The van der Waals surface area contributed by atoms with Gasteiger partial charge in [-0.3, -0.25) is 23.7 Å². The summed E-state index contributed by atoms with van der Waals surface area (Å²) < 4.78 is 45.9. The third kappa shape index (κ3) is 5.39. The molecule has 14 heteroatoms. The predicted octanol–water partition coefficient (Wildman–Crippen LogP) is 6.03. The molecule has 0 saturated carbocycles. The first-order valence-electron chi connectivity index (χ1n) is 13.1. The second kappa shape index (κ2) is 11.5. The first-order chi connectivity index (χ1) is 21.0. The van der Waals surface area contributed by atoms with Crippen LogP contribution in [0.15, 0.2) is 82.6 Å². The molecule has 3 aromatic carbocycles. The van der Waals surface area contributed by atoms with E-state index < -0.39 is 58.0 Å². The number of halogens is 4. The molecule has 1 N–H and O–H groups in total. The first kappa shape index (κ1) is 30.0. The van der Waals surface area contributed by atoms with Crippen LogP contribution in [0.25, 0.3) is 0 Å². The summed E-state index contributed by atoms with van der Waals surface area (Å²) in [5, 5.41) is 2.31. The van der Waals surface area contributed by atoms with Crippen molar-refractivity contribution >= 4 is 63.8 Å². The number of rotatable bonds is 6. The van der Waals surface area contributed by atoms with E-state index in [-0.39, 0.29) is 5.69 Å². The number of methoxy groups -OCH3 is 1. The lowest BCUT2D eigenvalue weighted by Crippen LogP contribution is -2.33. The Balaban J connectivity index is 1.37. The number of ether oxygens (including phenoxy) is 1. The Kier molecular flexibility index (Phi) is 7.80. The Morgan fingerprint density at radius 1 is 1.00 bits per heavy atom. The molecule has 6 rings (SSSR count). The fourth-order valence-corrected chi connectivity index (χ4v) is 8.29. The molecule has 0 aliphatic carbocycles. The third-order valence-corrected chi connectivity index (χ3v) is 10.2. The molecule has 226 valence electrons. The maximum atomic E-state index is 13.9. The van der Waals surface area contributed by atoms with Crippen molar-refractivity contribution in [1.29, 1.82) is 0 Å². The number of thioether (sulfide) groups is 1. The molecule has 4 aromatic rings. The monoisotopic (exact) mass is 659 g/mol. The number of anilines is 2. The van der Waals surface area contributed by atoms with Crippen LogP contribution in [0.5, 0.6) is 5.75 Å². The summed E-state index contributed by atoms with van der Waals surface area (Å²) in [6, 6.07) is 17.4. The highest BCUT2D eigenvalue weighted by molar-refractivity contribution is 8.00. The van der Waals surface area contributed by atoms with Crippen molar-refractivity contribution in [3.8, 4) is 5.75 Å². The number of benzene rings is 3. The van der Waals surface area contributed by atoms with Gasteiger partial charge in [-0.25, -0.2) is 4.90 Å². The number of amides is 3. The Bertz CT molecular complexity index is 1840. The van der Waals surface area contributed by atoms with E-state index in [0.29, 0.717) is 31.9 Å². The fourth-order valence-electron chi connectivity index (χ4n) is 5.39. The Morgan fingerprint density at radius 3 is 2.36 bits per heavy atom. The molecule has 44 heavy (non-hydrogen) atoms. The normalized spacial score (nSPS) is 19.5. The van der Waals surface area contributed by atoms with Crippen molar-refractivity contribution in [2.24, 2.45) is 5.92 Å². The summed E-state index contributed by atoms with van der Waals surface area (Å²) in [6.07, 6.45) is -4.60. The maximum absolute atomic E-state index is 13.9. The highest BCUT2D eigenvalue weighted by atomic mass is 35.5. The summed E-state index contributed by atoms with van der Waals surface area (Å²) >= 11 is 8.02. The van der Waals surface area contributed by atoms with Crippen molar-refractivity contribution in [2.75, 3.05) is 17.3 Å². The number of imide groups is 1. The summed E-state index contributed by atoms with van der Waals surface area (Å²) in [4.78, 5) is 55.1. The zero-order valence-electron chi connectivity index (χ0n) is 22.6. The fraction of sp³-hybridized carbons (Fsp3) is 0.200. The number of nitrogens with zero attached hydrogens (tertiary/aromatic N) is 2. The van der Waals surface area contributed by atoms with Gasteiger partial charge in [-0.05, 0) is 60.2 Å². The molecular weight excluding hydrogens is 639 g/mol. The van der Waals surface area contributed by atoms with E-state index in [4.69, 9.17) is 16.3 Å². The number of carbonyl (C=O) groups excluding carboxylic acids is 3. The molecule has 3 atom stereocenters. The van der Waals surface area contributed by atoms with Gasteiger partial charge in [0.25, 0.3) is 0 Å². The largest absolute Gasteiger partial charge is 0.497 e. The number of hydrogen-bond donors (Lipinski definition) is 1. The molecule has 0 bridgehead atoms. The summed E-state index contributed by atoms with van der Waals surface area (Å²) in [5.74, 6) is -2.64. The molecule has 8 nitrogen and oxygen atoms in total. The van der Waals surface area contributed by atoms with E-state index in [2.05, 4.69) is 5.32 Å². The van der Waals surface area contributed by atoms with E-state index >= 15 is 0 Å². The third-order valence-electron chi connectivity index (χ3n) is 7.38. The molecule has 2 aliphatic rings. The molecular formula is C30H21ClF3N3O5S2. The van der Waals surface area contributed by atoms with Gasteiger partial charge >= 0.3 is 11.0 Å². The van der Waals surface area contributed by atoms with E-state index in [1.165, 1.54) is 23.8 Å². The second-order valence-corrected chi connectivity index (χ2v) is 12.6. The highest BCUT2D eigenvalue weighted by Crippen LogP contribution is 2.54. The van der Waals surface area contributed by atoms with Crippen LogP contribution in [-0.4, -0.2) is 34.6 Å². The molecule has 1 aromatic heterocycles. The number of aromatic nitrogens is 1. The van der Waals surface area contributed by atoms with Crippen molar-refractivity contribution in [3.05, 3.63) is 103 Å². The highest BCUT2D eigenvalue weighted by Gasteiger charge is 2.56. The Labute approximate surface area is 261 Å². The topological polar surface area (TPSA) is 97.7 Å². The van der Waals surface area contributed by atoms with Gasteiger partial charge in [-0.15, -0.1) is 0 Å². The van der Waals surface area contributed by atoms with Crippen LogP contribution in [0.2, 0.25) is 5.02 Å². The summed E-state index contributed by atoms with van der Waals surface area (Å²) in [6.45, 7) is -0.511. The van der Waals surface area contributed by atoms with Crippen LogP contribution in [0.1, 0.15) is 21.9 Å². The molecule has 3 heterocycles. The van der Waals surface area contributed by atoms with Crippen molar-refractivity contribution in [2.45, 2.75) is 28.9 Å². The van der Waals surface area contributed by atoms with Crippen LogP contribution in [0, 0.1) is 5.92 Å². The van der Waals surface area contributed by atoms with Crippen LogP contribution in [0.3, 0.4) is 0 Å². The van der Waals surface area contributed by atoms with Gasteiger partial charge < -0.3 is 10.1 Å². The number of hydrogen-bond acceptors (Lipinski definition) is 7. The van der Waals surface area contributed by atoms with E-state index in [0.717, 1.165) is 40.1 Å². The van der Waals surface area contributed by atoms with Gasteiger partial charge in [-0.2, -0.15) is 13.2 Å². The van der Waals surface area contributed by atoms with Gasteiger partial charge in [0.2, 0.25) is 17.7 Å². The zero-order valence-corrected chi connectivity index (χ0v) is 25.0. The quantitative estimate of drug-likeness (QED) is 0.254.